The number of likely N-dealkylation sites (tertiary alicyclic amines) is 1. The molecule has 0 bridgehead atoms. The average molecular weight is 367 g/mol. The Bertz CT molecular complexity index is 655. The molecule has 2 aromatic carbocycles. The first-order chi connectivity index (χ1) is 13.2. The molecule has 0 unspecified atom stereocenters. The molecule has 3 rings (SSSR count). The fourth-order valence-corrected chi connectivity index (χ4v) is 3.66. The molecule has 2 aromatic rings. The number of hydrogen-bond acceptors (Lipinski definition) is 4. The zero-order chi connectivity index (χ0) is 19.0. The number of aliphatic hydroxyl groups is 1. The van der Waals surface area contributed by atoms with Gasteiger partial charge < -0.3 is 9.84 Å². The maximum atomic E-state index is 12.8. The van der Waals surface area contributed by atoms with E-state index in [1.807, 2.05) is 60.7 Å². The van der Waals surface area contributed by atoms with Gasteiger partial charge in [-0.2, -0.15) is 0 Å². The minimum Gasteiger partial charge on any atom is -0.462 e. The number of carbonyl (C=O) groups excluding carboxylic acids is 1. The van der Waals surface area contributed by atoms with Crippen molar-refractivity contribution in [2.45, 2.75) is 37.7 Å². The minimum atomic E-state index is -1.56. The molecule has 0 atom stereocenters. The lowest BCUT2D eigenvalue weighted by Crippen LogP contribution is -2.45. The van der Waals surface area contributed by atoms with Crippen LogP contribution in [0.1, 0.15) is 30.4 Å². The summed E-state index contributed by atoms with van der Waals surface area (Å²) < 4.78 is 5.52. The average Bonchev–Trinajstić information content (AvgIpc) is 2.70. The Kier molecular flexibility index (Phi) is 7.02. The van der Waals surface area contributed by atoms with Crippen LogP contribution in [0.25, 0.3) is 0 Å². The van der Waals surface area contributed by atoms with Crippen molar-refractivity contribution in [3.8, 4) is 0 Å². The molecule has 1 heterocycles. The lowest BCUT2D eigenvalue weighted by atomic mass is 9.88. The molecule has 4 heteroatoms. The maximum absolute atomic E-state index is 12.8. The van der Waals surface area contributed by atoms with Gasteiger partial charge in [-0.15, -0.1) is 0 Å². The van der Waals surface area contributed by atoms with Crippen LogP contribution in [-0.4, -0.2) is 47.8 Å². The summed E-state index contributed by atoms with van der Waals surface area (Å²) in [5.74, 6) is -0.535. The molecule has 0 spiro atoms. The Morgan fingerprint density at radius 3 is 1.93 bits per heavy atom. The van der Waals surface area contributed by atoms with Gasteiger partial charge in [0.2, 0.25) is 0 Å². The summed E-state index contributed by atoms with van der Waals surface area (Å²) in [6, 6.07) is 19.2. The van der Waals surface area contributed by atoms with Gasteiger partial charge in [0, 0.05) is 19.4 Å². The van der Waals surface area contributed by atoms with E-state index >= 15 is 0 Å². The van der Waals surface area contributed by atoms with E-state index in [0.29, 0.717) is 6.61 Å². The molecular formula is C23H29NO3. The highest BCUT2D eigenvalue weighted by molar-refractivity contribution is 5.80. The molecule has 1 fully saturated rings. The Morgan fingerprint density at radius 1 is 0.889 bits per heavy atom. The highest BCUT2D eigenvalue weighted by Crippen LogP contribution is 2.21. The molecule has 4 nitrogen and oxygen atoms in total. The van der Waals surface area contributed by atoms with E-state index in [1.165, 1.54) is 19.3 Å². The van der Waals surface area contributed by atoms with Crippen molar-refractivity contribution in [2.24, 2.45) is 0 Å². The number of hydrogen-bond donors (Lipinski definition) is 1. The zero-order valence-electron chi connectivity index (χ0n) is 15.8. The molecule has 1 N–H and O–H groups in total. The molecule has 0 amide bonds. The minimum absolute atomic E-state index is 0.241. The van der Waals surface area contributed by atoms with Crippen LogP contribution in [0.3, 0.4) is 0 Å². The second-order valence-electron chi connectivity index (χ2n) is 7.39. The normalized spacial score (nSPS) is 15.4. The second kappa shape index (κ2) is 9.67. The van der Waals surface area contributed by atoms with Gasteiger partial charge in [0.15, 0.2) is 5.60 Å². The second-order valence-corrected chi connectivity index (χ2v) is 7.39. The smallest absolute Gasteiger partial charge is 0.338 e. The first-order valence-electron chi connectivity index (χ1n) is 9.85. The van der Waals surface area contributed by atoms with Crippen molar-refractivity contribution in [3.05, 3.63) is 71.8 Å². The fraction of sp³-hybridized carbons (Fsp3) is 0.435. The van der Waals surface area contributed by atoms with E-state index in [0.717, 1.165) is 30.8 Å². The molecule has 1 aliphatic rings. The van der Waals surface area contributed by atoms with E-state index in [-0.39, 0.29) is 12.8 Å². The molecule has 1 saturated heterocycles. The van der Waals surface area contributed by atoms with E-state index in [4.69, 9.17) is 4.74 Å². The summed E-state index contributed by atoms with van der Waals surface area (Å²) in [6.07, 6.45) is 4.18. The van der Waals surface area contributed by atoms with E-state index in [9.17, 15) is 9.90 Å². The largest absolute Gasteiger partial charge is 0.462 e. The van der Waals surface area contributed by atoms with Crippen molar-refractivity contribution < 1.29 is 14.6 Å². The zero-order valence-corrected chi connectivity index (χ0v) is 15.8. The van der Waals surface area contributed by atoms with Crippen LogP contribution < -0.4 is 0 Å². The number of benzene rings is 2. The number of nitrogens with zero attached hydrogens (tertiary/aromatic N) is 1. The van der Waals surface area contributed by atoms with Crippen LogP contribution in [-0.2, 0) is 22.4 Å². The highest BCUT2D eigenvalue weighted by atomic mass is 16.5. The van der Waals surface area contributed by atoms with Crippen LogP contribution in [0.5, 0.6) is 0 Å². The fourth-order valence-electron chi connectivity index (χ4n) is 3.66. The molecule has 0 aromatic heterocycles. The third-order valence-electron chi connectivity index (χ3n) is 5.15. The first kappa shape index (κ1) is 19.6. The SMILES string of the molecule is O=C(OCCN1CCCCC1)C(O)(Cc1ccccc1)Cc1ccccc1. The van der Waals surface area contributed by atoms with Crippen molar-refractivity contribution in [1.29, 1.82) is 0 Å². The lowest BCUT2D eigenvalue weighted by molar-refractivity contribution is -0.166. The summed E-state index contributed by atoms with van der Waals surface area (Å²) in [7, 11) is 0. The topological polar surface area (TPSA) is 49.8 Å². The standard InChI is InChI=1S/C23H29NO3/c25-22(27-17-16-24-14-8-3-9-15-24)23(26,18-20-10-4-1-5-11-20)19-21-12-6-2-7-13-21/h1-2,4-7,10-13,26H,3,8-9,14-19H2. The van der Waals surface area contributed by atoms with Crippen molar-refractivity contribution in [1.82, 2.24) is 4.90 Å². The third-order valence-corrected chi connectivity index (χ3v) is 5.15. The lowest BCUT2D eigenvalue weighted by Gasteiger charge is -2.29. The van der Waals surface area contributed by atoms with Gasteiger partial charge >= 0.3 is 5.97 Å². The highest BCUT2D eigenvalue weighted by Gasteiger charge is 2.38. The van der Waals surface area contributed by atoms with Gasteiger partial charge in [-0.25, -0.2) is 4.79 Å². The number of esters is 1. The summed E-state index contributed by atoms with van der Waals surface area (Å²) in [5, 5.41) is 11.2. The van der Waals surface area contributed by atoms with Gasteiger partial charge in [-0.05, 0) is 37.1 Å². The van der Waals surface area contributed by atoms with E-state index < -0.39 is 11.6 Å². The van der Waals surface area contributed by atoms with Gasteiger partial charge in [-0.3, -0.25) is 4.90 Å². The van der Waals surface area contributed by atoms with Crippen LogP contribution in [0.2, 0.25) is 0 Å². The first-order valence-corrected chi connectivity index (χ1v) is 9.85. The summed E-state index contributed by atoms with van der Waals surface area (Å²) >= 11 is 0. The predicted molar refractivity (Wildman–Crippen MR) is 106 cm³/mol. The summed E-state index contributed by atoms with van der Waals surface area (Å²) in [4.78, 5) is 15.1. The van der Waals surface area contributed by atoms with Crippen molar-refractivity contribution in [3.63, 3.8) is 0 Å². The van der Waals surface area contributed by atoms with Crippen molar-refractivity contribution >= 4 is 5.97 Å². The van der Waals surface area contributed by atoms with Crippen molar-refractivity contribution in [2.75, 3.05) is 26.2 Å². The molecule has 0 radical (unpaired) electrons. The molecule has 0 saturated carbocycles. The van der Waals surface area contributed by atoms with Gasteiger partial charge in [0.1, 0.15) is 6.61 Å². The van der Waals surface area contributed by atoms with Crippen LogP contribution >= 0.6 is 0 Å². The predicted octanol–water partition coefficient (Wildman–Crippen LogP) is 3.23. The molecule has 27 heavy (non-hydrogen) atoms. The Labute approximate surface area is 161 Å². The van der Waals surface area contributed by atoms with Crippen LogP contribution in [0.4, 0.5) is 0 Å². The third kappa shape index (κ3) is 5.91. The number of piperidine rings is 1. The van der Waals surface area contributed by atoms with E-state index in [2.05, 4.69) is 4.90 Å². The monoisotopic (exact) mass is 367 g/mol. The Balaban J connectivity index is 1.65. The number of carbonyl (C=O) groups is 1. The summed E-state index contributed by atoms with van der Waals surface area (Å²) in [5.41, 5.74) is 0.276. The molecular weight excluding hydrogens is 338 g/mol. The Morgan fingerprint density at radius 2 is 1.41 bits per heavy atom. The van der Waals surface area contributed by atoms with Crippen LogP contribution in [0.15, 0.2) is 60.7 Å². The summed E-state index contributed by atoms with van der Waals surface area (Å²) in [6.45, 7) is 3.19. The number of ether oxygens (including phenoxy) is 1. The van der Waals surface area contributed by atoms with E-state index in [1.54, 1.807) is 0 Å². The van der Waals surface area contributed by atoms with Gasteiger partial charge in [0.05, 0.1) is 0 Å². The quantitative estimate of drug-likeness (QED) is 0.728. The Hall–Kier alpha value is -2.17. The molecule has 1 aliphatic heterocycles. The van der Waals surface area contributed by atoms with Gasteiger partial charge in [0.25, 0.3) is 0 Å². The molecule has 144 valence electrons. The number of rotatable bonds is 8. The molecule has 0 aliphatic carbocycles. The van der Waals surface area contributed by atoms with Crippen LogP contribution in [0, 0.1) is 0 Å². The maximum Gasteiger partial charge on any atom is 0.338 e. The van der Waals surface area contributed by atoms with Gasteiger partial charge in [-0.1, -0.05) is 67.1 Å².